The maximum atomic E-state index is 13.0. The third-order valence-corrected chi connectivity index (χ3v) is 6.09. The van der Waals surface area contributed by atoms with Gasteiger partial charge >= 0.3 is 17.6 Å². The number of allylic oxidation sites excluding steroid dienone is 3. The van der Waals surface area contributed by atoms with Crippen LogP contribution in [0.1, 0.15) is 25.2 Å². The van der Waals surface area contributed by atoms with Crippen molar-refractivity contribution in [2.75, 3.05) is 19.1 Å². The topological polar surface area (TPSA) is 86.1 Å². The highest BCUT2D eigenvalue weighted by atomic mass is 35.5. The van der Waals surface area contributed by atoms with Crippen LogP contribution in [0, 0.1) is 12.8 Å². The monoisotopic (exact) mass is 503 g/mol. The van der Waals surface area contributed by atoms with Gasteiger partial charge in [-0.1, -0.05) is 47.5 Å². The Morgan fingerprint density at radius 2 is 1.53 bits per heavy atom. The van der Waals surface area contributed by atoms with Gasteiger partial charge in [-0.25, -0.2) is 14.4 Å². The van der Waals surface area contributed by atoms with Crippen molar-refractivity contribution in [3.63, 3.8) is 0 Å². The van der Waals surface area contributed by atoms with E-state index in [-0.39, 0.29) is 26.8 Å². The van der Waals surface area contributed by atoms with Crippen LogP contribution in [0.4, 0.5) is 5.69 Å². The molecule has 0 bridgehead atoms. The Bertz CT molecular complexity index is 1250. The average Bonchev–Trinajstić information content (AvgIpc) is 2.78. The fourth-order valence-electron chi connectivity index (χ4n) is 4.00. The summed E-state index contributed by atoms with van der Waals surface area (Å²) < 4.78 is 15.2. The van der Waals surface area contributed by atoms with Gasteiger partial charge in [0.15, 0.2) is 0 Å². The highest BCUT2D eigenvalue weighted by Crippen LogP contribution is 2.41. The SMILES string of the molecule is COC(=O)C1=C(C)N(c2ccccc2)C(C)=C(C(=O)OC)C1/C=C(\Cl)c1c(Cl)cc(C)oc1=O. The number of hydrogen-bond donors (Lipinski definition) is 0. The van der Waals surface area contributed by atoms with E-state index in [0.717, 1.165) is 5.69 Å². The Balaban J connectivity index is 2.32. The van der Waals surface area contributed by atoms with E-state index in [4.69, 9.17) is 37.1 Å². The van der Waals surface area contributed by atoms with Crippen molar-refractivity contribution < 1.29 is 23.5 Å². The summed E-state index contributed by atoms with van der Waals surface area (Å²) in [5.74, 6) is -2.00. The zero-order valence-electron chi connectivity index (χ0n) is 19.3. The van der Waals surface area contributed by atoms with Crippen LogP contribution in [0.5, 0.6) is 0 Å². The molecule has 2 aromatic rings. The molecule has 0 unspecified atom stereocenters. The maximum absolute atomic E-state index is 13.0. The second kappa shape index (κ2) is 10.3. The van der Waals surface area contributed by atoms with Crippen molar-refractivity contribution >= 4 is 45.9 Å². The van der Waals surface area contributed by atoms with E-state index in [2.05, 4.69) is 0 Å². The first-order valence-electron chi connectivity index (χ1n) is 10.2. The predicted molar refractivity (Wildman–Crippen MR) is 130 cm³/mol. The fourth-order valence-corrected chi connectivity index (χ4v) is 4.69. The number of benzene rings is 1. The van der Waals surface area contributed by atoms with Gasteiger partial charge in [-0.2, -0.15) is 0 Å². The summed E-state index contributed by atoms with van der Waals surface area (Å²) in [6, 6.07) is 10.7. The first-order valence-corrected chi connectivity index (χ1v) is 11.0. The van der Waals surface area contributed by atoms with Crippen LogP contribution in [0.3, 0.4) is 0 Å². The third kappa shape index (κ3) is 4.67. The van der Waals surface area contributed by atoms with Gasteiger partial charge in [0.1, 0.15) is 5.76 Å². The minimum Gasteiger partial charge on any atom is -0.466 e. The van der Waals surface area contributed by atoms with Crippen LogP contribution >= 0.6 is 23.2 Å². The summed E-state index contributed by atoms with van der Waals surface area (Å²) in [6.07, 6.45) is 1.41. The van der Waals surface area contributed by atoms with Crippen molar-refractivity contribution in [1.29, 1.82) is 0 Å². The molecule has 3 rings (SSSR count). The first-order chi connectivity index (χ1) is 16.1. The number of aryl methyl sites for hydroxylation is 1. The van der Waals surface area contributed by atoms with Gasteiger partial charge in [-0.15, -0.1) is 0 Å². The van der Waals surface area contributed by atoms with Gasteiger partial charge in [-0.3, -0.25) is 0 Å². The summed E-state index contributed by atoms with van der Waals surface area (Å²) in [6.45, 7) is 5.05. The van der Waals surface area contributed by atoms with Crippen LogP contribution in [0.2, 0.25) is 5.02 Å². The van der Waals surface area contributed by atoms with Gasteiger partial charge < -0.3 is 18.8 Å². The van der Waals surface area contributed by atoms with Gasteiger partial charge in [-0.05, 0) is 39.0 Å². The zero-order chi connectivity index (χ0) is 25.2. The van der Waals surface area contributed by atoms with Gasteiger partial charge in [0.2, 0.25) is 0 Å². The lowest BCUT2D eigenvalue weighted by Gasteiger charge is -2.36. The number of rotatable bonds is 5. The first kappa shape index (κ1) is 25.3. The van der Waals surface area contributed by atoms with E-state index in [0.29, 0.717) is 17.2 Å². The Morgan fingerprint density at radius 3 is 2.00 bits per heavy atom. The molecule has 0 N–H and O–H groups in total. The molecule has 34 heavy (non-hydrogen) atoms. The molecule has 1 aliphatic heterocycles. The van der Waals surface area contributed by atoms with E-state index in [1.807, 2.05) is 30.3 Å². The van der Waals surface area contributed by atoms with Crippen molar-refractivity contribution in [2.24, 2.45) is 5.92 Å². The summed E-state index contributed by atoms with van der Waals surface area (Å²) in [5.41, 5.74) is 1.27. The van der Waals surface area contributed by atoms with E-state index in [1.165, 1.54) is 26.4 Å². The number of carbonyl (C=O) groups excluding carboxylic acids is 2. The summed E-state index contributed by atoms with van der Waals surface area (Å²) in [4.78, 5) is 40.2. The smallest absolute Gasteiger partial charge is 0.346 e. The number of nitrogens with zero attached hydrogens (tertiary/aromatic N) is 1. The maximum Gasteiger partial charge on any atom is 0.346 e. The molecule has 2 heterocycles. The summed E-state index contributed by atoms with van der Waals surface area (Å²) in [7, 11) is 2.48. The van der Waals surface area contributed by atoms with E-state index in [9.17, 15) is 14.4 Å². The van der Waals surface area contributed by atoms with Crippen LogP contribution in [-0.4, -0.2) is 26.2 Å². The van der Waals surface area contributed by atoms with Gasteiger partial charge in [0.05, 0.1) is 41.0 Å². The van der Waals surface area contributed by atoms with Crippen LogP contribution in [0.15, 0.2) is 74.2 Å². The van der Waals surface area contributed by atoms with Crippen molar-refractivity contribution in [1.82, 2.24) is 0 Å². The van der Waals surface area contributed by atoms with Gasteiger partial charge in [0.25, 0.3) is 0 Å². The number of ether oxygens (including phenoxy) is 2. The molecule has 0 spiro atoms. The molecule has 9 heteroatoms. The highest BCUT2D eigenvalue weighted by molar-refractivity contribution is 6.50. The molecular weight excluding hydrogens is 481 g/mol. The zero-order valence-corrected chi connectivity index (χ0v) is 20.8. The Labute approximate surface area is 206 Å². The molecule has 0 saturated heterocycles. The number of anilines is 1. The molecule has 0 saturated carbocycles. The Kier molecular flexibility index (Phi) is 7.69. The van der Waals surface area contributed by atoms with Crippen LogP contribution in [0.25, 0.3) is 5.03 Å². The molecule has 1 aromatic heterocycles. The number of esters is 2. The Hall–Kier alpha value is -3.29. The molecule has 0 amide bonds. The molecule has 0 fully saturated rings. The molecule has 178 valence electrons. The largest absolute Gasteiger partial charge is 0.466 e. The number of hydrogen-bond acceptors (Lipinski definition) is 7. The lowest BCUT2D eigenvalue weighted by atomic mass is 9.83. The highest BCUT2D eigenvalue weighted by Gasteiger charge is 2.39. The van der Waals surface area contributed by atoms with Crippen molar-refractivity contribution in [2.45, 2.75) is 20.8 Å². The van der Waals surface area contributed by atoms with E-state index >= 15 is 0 Å². The van der Waals surface area contributed by atoms with Gasteiger partial charge in [0, 0.05) is 23.0 Å². The number of carbonyl (C=O) groups is 2. The molecule has 7 nitrogen and oxygen atoms in total. The number of methoxy groups -OCH3 is 2. The van der Waals surface area contributed by atoms with Crippen LogP contribution < -0.4 is 10.5 Å². The summed E-state index contributed by atoms with van der Waals surface area (Å²) >= 11 is 12.8. The minimum absolute atomic E-state index is 0.0804. The lowest BCUT2D eigenvalue weighted by molar-refractivity contribution is -0.137. The number of para-hydroxylation sites is 1. The van der Waals surface area contributed by atoms with Crippen molar-refractivity contribution in [3.8, 4) is 0 Å². The average molecular weight is 504 g/mol. The molecule has 0 atom stereocenters. The minimum atomic E-state index is -0.982. The predicted octanol–water partition coefficient (Wildman–Crippen LogP) is 5.21. The van der Waals surface area contributed by atoms with Crippen LogP contribution in [-0.2, 0) is 19.1 Å². The lowest BCUT2D eigenvalue weighted by Crippen LogP contribution is -2.35. The molecule has 1 aromatic carbocycles. The standard InChI is InChI=1S/C25H23Cl2NO6/c1-13-11-18(26)22(25(31)34-13)19(27)12-17-20(23(29)32-4)14(2)28(16-9-7-6-8-10-16)15(3)21(17)24(30)33-5/h6-12,17H,1-5H3/b19-12-. The molecular formula is C25H23Cl2NO6. The second-order valence-corrected chi connectivity index (χ2v) is 8.33. The quantitative estimate of drug-likeness (QED) is 0.517. The number of halogens is 2. The van der Waals surface area contributed by atoms with Crippen molar-refractivity contribution in [3.05, 3.63) is 91.8 Å². The molecule has 1 aliphatic rings. The Morgan fingerprint density at radius 1 is 1.00 bits per heavy atom. The third-order valence-electron chi connectivity index (χ3n) is 5.48. The molecule has 0 radical (unpaired) electrons. The molecule has 0 aliphatic carbocycles. The van der Waals surface area contributed by atoms with E-state index < -0.39 is 23.5 Å². The van der Waals surface area contributed by atoms with E-state index in [1.54, 1.807) is 25.7 Å². The summed E-state index contributed by atoms with van der Waals surface area (Å²) in [5, 5.41) is -0.00215. The second-order valence-electron chi connectivity index (χ2n) is 7.51. The normalized spacial score (nSPS) is 15.0. The fraction of sp³-hybridized carbons (Fsp3) is 0.240.